The number of hydrogen-bond donors (Lipinski definition) is 1. The molecule has 17 heavy (non-hydrogen) atoms. The number of halogens is 2. The first-order valence-corrected chi connectivity index (χ1v) is 4.12. The number of rotatable bonds is 3. The summed E-state index contributed by atoms with van der Waals surface area (Å²) in [7, 11) is 0. The smallest absolute Gasteiger partial charge is 0.337 e. The molecular formula is C9H4F2N2O4. The van der Waals surface area contributed by atoms with Crippen molar-refractivity contribution < 1.29 is 23.6 Å². The summed E-state index contributed by atoms with van der Waals surface area (Å²) in [5.74, 6) is -1.59. The van der Waals surface area contributed by atoms with Crippen molar-refractivity contribution in [2.24, 2.45) is 0 Å². The van der Waals surface area contributed by atoms with Crippen LogP contribution in [-0.2, 0) is 0 Å². The van der Waals surface area contributed by atoms with E-state index in [4.69, 9.17) is 10.4 Å². The highest BCUT2D eigenvalue weighted by molar-refractivity contribution is 5.91. The number of hydrogen-bond acceptors (Lipinski definition) is 4. The van der Waals surface area contributed by atoms with Crippen molar-refractivity contribution in [1.82, 2.24) is 0 Å². The number of carbonyl (C=O) groups is 1. The highest BCUT2D eigenvalue weighted by atomic mass is 19.3. The maximum atomic E-state index is 12.5. The first-order valence-electron chi connectivity index (χ1n) is 4.12. The Hall–Kier alpha value is -2.56. The summed E-state index contributed by atoms with van der Waals surface area (Å²) in [6, 6.07) is 2.38. The molecule has 1 aromatic rings. The Morgan fingerprint density at radius 2 is 2.12 bits per heavy atom. The number of nitro groups is 1. The Balaban J connectivity index is 3.61. The Kier molecular flexibility index (Phi) is 3.33. The van der Waals surface area contributed by atoms with Gasteiger partial charge in [-0.3, -0.25) is 10.1 Å². The van der Waals surface area contributed by atoms with E-state index in [1.807, 2.05) is 0 Å². The number of nitriles is 1. The molecule has 88 valence electrons. The average Bonchev–Trinajstić information content (AvgIpc) is 2.26. The van der Waals surface area contributed by atoms with Crippen LogP contribution in [0.3, 0.4) is 0 Å². The van der Waals surface area contributed by atoms with Crippen molar-refractivity contribution in [2.45, 2.75) is 6.43 Å². The van der Waals surface area contributed by atoms with E-state index in [9.17, 15) is 23.7 Å². The predicted octanol–water partition coefficient (Wildman–Crippen LogP) is 2.10. The molecule has 0 bridgehead atoms. The zero-order valence-corrected chi connectivity index (χ0v) is 8.05. The number of alkyl halides is 2. The summed E-state index contributed by atoms with van der Waals surface area (Å²) in [5, 5.41) is 27.7. The van der Waals surface area contributed by atoms with Gasteiger partial charge < -0.3 is 5.11 Å². The minimum atomic E-state index is -3.16. The maximum Gasteiger partial charge on any atom is 0.337 e. The molecular weight excluding hydrogens is 238 g/mol. The van der Waals surface area contributed by atoms with E-state index in [1.165, 1.54) is 6.07 Å². The number of nitro benzene ring substituents is 1. The Bertz CT molecular complexity index is 537. The molecule has 0 aliphatic heterocycles. The summed E-state index contributed by atoms with van der Waals surface area (Å²) in [4.78, 5) is 20.1. The van der Waals surface area contributed by atoms with Crippen molar-refractivity contribution in [3.8, 4) is 6.07 Å². The molecule has 6 nitrogen and oxygen atoms in total. The van der Waals surface area contributed by atoms with Crippen LogP contribution in [0.15, 0.2) is 12.1 Å². The molecule has 0 atom stereocenters. The van der Waals surface area contributed by atoms with Crippen LogP contribution in [0.4, 0.5) is 14.5 Å². The van der Waals surface area contributed by atoms with E-state index in [0.29, 0.717) is 12.1 Å². The predicted molar refractivity (Wildman–Crippen MR) is 49.7 cm³/mol. The number of nitrogens with zero attached hydrogens (tertiary/aromatic N) is 2. The summed E-state index contributed by atoms with van der Waals surface area (Å²) in [6.45, 7) is 0. The van der Waals surface area contributed by atoms with Crippen molar-refractivity contribution in [1.29, 1.82) is 5.26 Å². The second-order valence-corrected chi connectivity index (χ2v) is 2.93. The summed E-state index contributed by atoms with van der Waals surface area (Å²) < 4.78 is 25.0. The molecule has 0 saturated heterocycles. The van der Waals surface area contributed by atoms with Gasteiger partial charge in [0.15, 0.2) is 0 Å². The minimum absolute atomic E-state index is 0.461. The molecule has 0 heterocycles. The summed E-state index contributed by atoms with van der Waals surface area (Å²) in [5.41, 5.74) is -3.21. The average molecular weight is 242 g/mol. The van der Waals surface area contributed by atoms with Gasteiger partial charge in [-0.2, -0.15) is 5.26 Å². The van der Waals surface area contributed by atoms with Crippen LogP contribution >= 0.6 is 0 Å². The molecule has 0 aliphatic rings. The molecule has 1 aromatic carbocycles. The number of carboxylic acid groups (broad SMARTS) is 1. The number of benzene rings is 1. The molecule has 0 unspecified atom stereocenters. The third-order valence-corrected chi connectivity index (χ3v) is 1.95. The molecule has 0 aromatic heterocycles. The standard InChI is InChI=1S/C9H4F2N2O4/c10-8(11)6-1-4(3-12)5(9(14)15)2-7(6)13(16)17/h1-2,8H,(H,14,15). The van der Waals surface area contributed by atoms with Crippen molar-refractivity contribution in [3.05, 3.63) is 38.9 Å². The Morgan fingerprint density at radius 1 is 1.53 bits per heavy atom. The first-order chi connectivity index (χ1) is 7.88. The van der Waals surface area contributed by atoms with Crippen molar-refractivity contribution in [3.63, 3.8) is 0 Å². The monoisotopic (exact) mass is 242 g/mol. The van der Waals surface area contributed by atoms with Gasteiger partial charge in [-0.15, -0.1) is 0 Å². The number of carboxylic acids is 1. The molecule has 0 fully saturated rings. The fourth-order valence-electron chi connectivity index (χ4n) is 1.21. The van der Waals surface area contributed by atoms with E-state index in [-0.39, 0.29) is 0 Å². The molecule has 0 saturated carbocycles. The SMILES string of the molecule is N#Cc1cc(C(F)F)c([N+](=O)[O-])cc1C(=O)O. The highest BCUT2D eigenvalue weighted by Crippen LogP contribution is 2.31. The topological polar surface area (TPSA) is 104 Å². The Labute approximate surface area is 92.9 Å². The summed E-state index contributed by atoms with van der Waals surface area (Å²) >= 11 is 0. The van der Waals surface area contributed by atoms with Crippen LogP contribution in [0.25, 0.3) is 0 Å². The third kappa shape index (κ3) is 2.34. The number of aromatic carboxylic acids is 1. The van der Waals surface area contributed by atoms with Gasteiger partial charge in [0.2, 0.25) is 0 Å². The molecule has 0 amide bonds. The van der Waals surface area contributed by atoms with Crippen LogP contribution in [0.2, 0.25) is 0 Å². The van der Waals surface area contributed by atoms with Gasteiger partial charge in [0.1, 0.15) is 6.07 Å². The minimum Gasteiger partial charge on any atom is -0.478 e. The van der Waals surface area contributed by atoms with E-state index >= 15 is 0 Å². The fourth-order valence-corrected chi connectivity index (χ4v) is 1.21. The van der Waals surface area contributed by atoms with Crippen molar-refractivity contribution in [2.75, 3.05) is 0 Å². The van der Waals surface area contributed by atoms with Gasteiger partial charge in [-0.05, 0) is 6.07 Å². The molecule has 1 N–H and O–H groups in total. The molecule has 0 radical (unpaired) electrons. The second kappa shape index (κ2) is 4.52. The maximum absolute atomic E-state index is 12.5. The molecule has 0 aliphatic carbocycles. The van der Waals surface area contributed by atoms with Gasteiger partial charge >= 0.3 is 5.97 Å². The van der Waals surface area contributed by atoms with Crippen LogP contribution in [-0.4, -0.2) is 16.0 Å². The molecule has 8 heteroatoms. The van der Waals surface area contributed by atoms with Crippen LogP contribution in [0.5, 0.6) is 0 Å². The first kappa shape index (κ1) is 12.5. The largest absolute Gasteiger partial charge is 0.478 e. The van der Waals surface area contributed by atoms with Crippen LogP contribution in [0, 0.1) is 21.4 Å². The van der Waals surface area contributed by atoms with Gasteiger partial charge in [0, 0.05) is 6.07 Å². The Morgan fingerprint density at radius 3 is 2.47 bits per heavy atom. The summed E-state index contributed by atoms with van der Waals surface area (Å²) in [6.07, 6.45) is -3.16. The van der Waals surface area contributed by atoms with Gasteiger partial charge in [0.05, 0.1) is 21.6 Å². The van der Waals surface area contributed by atoms with Crippen molar-refractivity contribution >= 4 is 11.7 Å². The zero-order chi connectivity index (χ0) is 13.2. The molecule has 1 rings (SSSR count). The van der Waals surface area contributed by atoms with Crippen LogP contribution < -0.4 is 0 Å². The fraction of sp³-hybridized carbons (Fsp3) is 0.111. The zero-order valence-electron chi connectivity index (χ0n) is 8.05. The second-order valence-electron chi connectivity index (χ2n) is 2.93. The van der Waals surface area contributed by atoms with E-state index in [1.54, 1.807) is 0 Å². The lowest BCUT2D eigenvalue weighted by Crippen LogP contribution is -2.05. The van der Waals surface area contributed by atoms with Gasteiger partial charge in [-0.1, -0.05) is 0 Å². The lowest BCUT2D eigenvalue weighted by molar-refractivity contribution is -0.386. The van der Waals surface area contributed by atoms with Gasteiger partial charge in [0.25, 0.3) is 12.1 Å². The lowest BCUT2D eigenvalue weighted by atomic mass is 10.0. The van der Waals surface area contributed by atoms with Gasteiger partial charge in [-0.25, -0.2) is 13.6 Å². The molecule has 0 spiro atoms. The van der Waals surface area contributed by atoms with E-state index in [2.05, 4.69) is 0 Å². The van der Waals surface area contributed by atoms with E-state index < -0.39 is 39.7 Å². The van der Waals surface area contributed by atoms with E-state index in [0.717, 1.165) is 0 Å². The van der Waals surface area contributed by atoms with Crippen LogP contribution in [0.1, 0.15) is 27.9 Å². The lowest BCUT2D eigenvalue weighted by Gasteiger charge is -2.04. The normalized spacial score (nSPS) is 10.0. The third-order valence-electron chi connectivity index (χ3n) is 1.95. The quantitative estimate of drug-likeness (QED) is 0.645. The highest BCUT2D eigenvalue weighted by Gasteiger charge is 2.26.